The number of carbonyl (C=O) groups is 2. The number of hydrogen-bond donors (Lipinski definition) is 2. The lowest BCUT2D eigenvalue weighted by Crippen LogP contribution is -2.29. The molecule has 0 aromatic carbocycles. The minimum Gasteiger partial charge on any atom is -0.442 e. The van der Waals surface area contributed by atoms with E-state index in [4.69, 9.17) is 4.74 Å². The van der Waals surface area contributed by atoms with E-state index >= 15 is 0 Å². The largest absolute Gasteiger partial charge is 0.442 e. The molecule has 0 saturated carbocycles. The van der Waals surface area contributed by atoms with Crippen molar-refractivity contribution in [2.45, 2.75) is 47.1 Å². The monoisotopic (exact) mass is 412 g/mol. The first-order valence-electron chi connectivity index (χ1n) is 9.88. The second-order valence-electron chi connectivity index (χ2n) is 8.05. The summed E-state index contributed by atoms with van der Waals surface area (Å²) in [6.07, 6.45) is 3.20. The number of nitrogens with one attached hydrogen (secondary N) is 2. The minimum absolute atomic E-state index is 0.0870. The molecule has 0 aliphatic heterocycles. The maximum Gasteiger partial charge on any atom is 0.435 e. The second-order valence-corrected chi connectivity index (χ2v) is 8.05. The molecule has 9 nitrogen and oxygen atoms in total. The number of aryl methyl sites for hydroxylation is 1. The molecular weight excluding hydrogens is 384 g/mol. The molecule has 3 aromatic heterocycles. The number of anilines is 1. The minimum atomic E-state index is -0.601. The summed E-state index contributed by atoms with van der Waals surface area (Å²) < 4.78 is 8.61. The highest BCUT2D eigenvalue weighted by atomic mass is 16.6. The van der Waals surface area contributed by atoms with Crippen LogP contribution in [0.5, 0.6) is 0 Å². The molecule has 0 unspecified atom stereocenters. The van der Waals surface area contributed by atoms with Gasteiger partial charge >= 0.3 is 6.09 Å². The van der Waals surface area contributed by atoms with E-state index in [1.54, 1.807) is 0 Å². The van der Waals surface area contributed by atoms with Gasteiger partial charge in [0, 0.05) is 18.3 Å². The quantitative estimate of drug-likeness (QED) is 0.667. The predicted molar refractivity (Wildman–Crippen MR) is 115 cm³/mol. The van der Waals surface area contributed by atoms with Crippen molar-refractivity contribution in [2.24, 2.45) is 0 Å². The highest BCUT2D eigenvalue weighted by Gasteiger charge is 2.23. The molecule has 3 rings (SSSR count). The molecule has 160 valence electrons. The van der Waals surface area contributed by atoms with Crippen LogP contribution >= 0.6 is 0 Å². The summed E-state index contributed by atoms with van der Waals surface area (Å²) in [7, 11) is 0. The van der Waals surface area contributed by atoms with Gasteiger partial charge in [-0.2, -0.15) is 9.78 Å². The zero-order valence-electron chi connectivity index (χ0n) is 18.2. The fourth-order valence-corrected chi connectivity index (χ4v) is 3.20. The zero-order valence-corrected chi connectivity index (χ0v) is 18.2. The summed E-state index contributed by atoms with van der Waals surface area (Å²) >= 11 is 0. The SMILES string of the molecule is CCNC(=O)CNc1cn2ccc(-c3c(C)nn(C(=O)OC(C)(C)C)c3C)cc2n1. The van der Waals surface area contributed by atoms with E-state index in [0.29, 0.717) is 18.1 Å². The van der Waals surface area contributed by atoms with Crippen LogP contribution in [-0.2, 0) is 9.53 Å². The molecule has 0 radical (unpaired) electrons. The van der Waals surface area contributed by atoms with Crippen LogP contribution < -0.4 is 10.6 Å². The van der Waals surface area contributed by atoms with Crippen molar-refractivity contribution in [3.63, 3.8) is 0 Å². The average molecular weight is 412 g/mol. The Hall–Kier alpha value is -3.36. The van der Waals surface area contributed by atoms with Crippen LogP contribution in [-0.4, -0.2) is 49.9 Å². The summed E-state index contributed by atoms with van der Waals surface area (Å²) in [6, 6.07) is 3.87. The highest BCUT2D eigenvalue weighted by Crippen LogP contribution is 2.28. The topological polar surface area (TPSA) is 103 Å². The predicted octanol–water partition coefficient (Wildman–Crippen LogP) is 3.15. The van der Waals surface area contributed by atoms with E-state index < -0.39 is 11.7 Å². The van der Waals surface area contributed by atoms with Gasteiger partial charge in [-0.15, -0.1) is 0 Å². The number of aromatic nitrogens is 4. The van der Waals surface area contributed by atoms with E-state index in [0.717, 1.165) is 22.5 Å². The first-order chi connectivity index (χ1) is 14.1. The number of carbonyl (C=O) groups excluding carboxylic acids is 2. The van der Waals surface area contributed by atoms with Gasteiger partial charge in [0.05, 0.1) is 24.1 Å². The summed E-state index contributed by atoms with van der Waals surface area (Å²) in [5, 5.41) is 10.1. The van der Waals surface area contributed by atoms with Gasteiger partial charge < -0.3 is 19.8 Å². The molecule has 30 heavy (non-hydrogen) atoms. The van der Waals surface area contributed by atoms with E-state index in [1.807, 2.05) is 70.5 Å². The van der Waals surface area contributed by atoms with Crippen LogP contribution in [0.4, 0.5) is 10.6 Å². The molecule has 3 heterocycles. The molecule has 0 spiro atoms. The van der Waals surface area contributed by atoms with Gasteiger partial charge in [0.2, 0.25) is 5.91 Å². The van der Waals surface area contributed by atoms with Crippen molar-refractivity contribution in [2.75, 3.05) is 18.4 Å². The third-order valence-electron chi connectivity index (χ3n) is 4.41. The first-order valence-corrected chi connectivity index (χ1v) is 9.88. The van der Waals surface area contributed by atoms with Gasteiger partial charge in [-0.3, -0.25) is 4.79 Å². The smallest absolute Gasteiger partial charge is 0.435 e. The molecule has 0 bridgehead atoms. The van der Waals surface area contributed by atoms with Crippen molar-refractivity contribution >= 4 is 23.5 Å². The van der Waals surface area contributed by atoms with E-state index in [9.17, 15) is 9.59 Å². The molecule has 9 heteroatoms. The highest BCUT2D eigenvalue weighted by molar-refractivity contribution is 5.81. The van der Waals surface area contributed by atoms with E-state index in [-0.39, 0.29) is 12.5 Å². The Balaban J connectivity index is 1.88. The van der Waals surface area contributed by atoms with Crippen molar-refractivity contribution in [3.8, 4) is 11.1 Å². The maximum absolute atomic E-state index is 12.5. The Morgan fingerprint density at radius 1 is 1.23 bits per heavy atom. The molecule has 0 aliphatic carbocycles. The summed E-state index contributed by atoms with van der Waals surface area (Å²) in [5.41, 5.74) is 3.30. The number of hydrogen-bond acceptors (Lipinski definition) is 6. The number of nitrogens with zero attached hydrogens (tertiary/aromatic N) is 4. The number of likely N-dealkylation sites (N-methyl/N-ethyl adjacent to an activating group) is 1. The third kappa shape index (κ3) is 4.61. The fraction of sp³-hybridized carbons (Fsp3) is 0.429. The Morgan fingerprint density at radius 3 is 2.63 bits per heavy atom. The first kappa shape index (κ1) is 21.4. The van der Waals surface area contributed by atoms with E-state index in [1.165, 1.54) is 4.68 Å². The van der Waals surface area contributed by atoms with Crippen molar-refractivity contribution in [3.05, 3.63) is 35.9 Å². The molecule has 0 atom stereocenters. The molecule has 1 amide bonds. The normalized spacial score (nSPS) is 11.5. The molecule has 3 aromatic rings. The maximum atomic E-state index is 12.5. The Morgan fingerprint density at radius 2 is 1.97 bits per heavy atom. The van der Waals surface area contributed by atoms with Gasteiger partial charge in [-0.05, 0) is 59.2 Å². The van der Waals surface area contributed by atoms with Crippen LogP contribution in [0.25, 0.3) is 16.8 Å². The lowest BCUT2D eigenvalue weighted by molar-refractivity contribution is -0.119. The lowest BCUT2D eigenvalue weighted by Gasteiger charge is -2.19. The number of ether oxygens (including phenoxy) is 1. The Kier molecular flexibility index (Phi) is 5.82. The number of imidazole rings is 1. The van der Waals surface area contributed by atoms with Crippen LogP contribution in [0, 0.1) is 13.8 Å². The second kappa shape index (κ2) is 8.17. The third-order valence-corrected chi connectivity index (χ3v) is 4.41. The van der Waals surface area contributed by atoms with Crippen molar-refractivity contribution in [1.29, 1.82) is 0 Å². The number of rotatable bonds is 5. The molecule has 2 N–H and O–H groups in total. The van der Waals surface area contributed by atoms with Crippen LogP contribution in [0.1, 0.15) is 39.1 Å². The van der Waals surface area contributed by atoms with Gasteiger partial charge in [0.15, 0.2) is 0 Å². The van der Waals surface area contributed by atoms with Gasteiger partial charge in [0.25, 0.3) is 0 Å². The van der Waals surface area contributed by atoms with Crippen molar-refractivity contribution < 1.29 is 14.3 Å². The average Bonchev–Trinajstić information content (AvgIpc) is 3.18. The van der Waals surface area contributed by atoms with Gasteiger partial charge in [-0.25, -0.2) is 9.78 Å². The Bertz CT molecular complexity index is 1090. The van der Waals surface area contributed by atoms with Crippen LogP contribution in [0.2, 0.25) is 0 Å². The Labute approximate surface area is 175 Å². The number of amides is 1. The summed E-state index contributed by atoms with van der Waals surface area (Å²) in [4.78, 5) is 28.7. The van der Waals surface area contributed by atoms with Gasteiger partial charge in [-0.1, -0.05) is 0 Å². The lowest BCUT2D eigenvalue weighted by atomic mass is 10.1. The van der Waals surface area contributed by atoms with Crippen molar-refractivity contribution in [1.82, 2.24) is 24.5 Å². The molecule has 0 saturated heterocycles. The van der Waals surface area contributed by atoms with Crippen LogP contribution in [0.3, 0.4) is 0 Å². The zero-order chi connectivity index (χ0) is 22.1. The van der Waals surface area contributed by atoms with Crippen LogP contribution in [0.15, 0.2) is 24.5 Å². The summed E-state index contributed by atoms with van der Waals surface area (Å²) in [6.45, 7) is 11.8. The van der Waals surface area contributed by atoms with Gasteiger partial charge in [0.1, 0.15) is 17.1 Å². The number of fused-ring (bicyclic) bond motifs is 1. The molecular formula is C21H28N6O3. The summed E-state index contributed by atoms with van der Waals surface area (Å²) in [5.74, 6) is 0.521. The number of pyridine rings is 1. The molecule has 0 fully saturated rings. The van der Waals surface area contributed by atoms with E-state index in [2.05, 4.69) is 20.7 Å². The fourth-order valence-electron chi connectivity index (χ4n) is 3.20. The molecule has 0 aliphatic rings. The standard InChI is InChI=1S/C21H28N6O3/c1-7-22-18(28)11-23-16-12-26-9-8-15(10-17(26)24-16)19-13(2)25-27(14(19)3)20(29)30-21(4,5)6/h8-10,12,23H,7,11H2,1-6H3,(H,22,28).